The molecule has 0 radical (unpaired) electrons. The van der Waals surface area contributed by atoms with Crippen LogP contribution >= 0.6 is 0 Å². The molecule has 1 N–H and O–H groups in total. The number of imidazole rings is 1. The average Bonchev–Trinajstić information content (AvgIpc) is 2.90. The molecule has 120 valence electrons. The molecule has 3 rings (SSSR count). The minimum absolute atomic E-state index is 0.0390. The van der Waals surface area contributed by atoms with E-state index < -0.39 is 10.8 Å². The van der Waals surface area contributed by atoms with Crippen molar-refractivity contribution in [2.24, 2.45) is 5.10 Å². The molecule has 0 bridgehead atoms. The highest BCUT2D eigenvalue weighted by molar-refractivity contribution is 5.95. The maximum Gasteiger partial charge on any atom is 0.290 e. The summed E-state index contributed by atoms with van der Waals surface area (Å²) in [6, 6.07) is 11.4. The normalized spacial score (nSPS) is 11.0. The number of non-ortho nitro benzene ring substituents is 1. The fraction of sp³-hybridized carbons (Fsp3) is 0.0625. The molecule has 1 amide bonds. The number of nitrogens with one attached hydrogen (secondary N) is 1. The Hall–Kier alpha value is -3.55. The third-order valence-corrected chi connectivity index (χ3v) is 3.38. The number of pyridine rings is 1. The van der Waals surface area contributed by atoms with Crippen LogP contribution in [0.5, 0.6) is 0 Å². The predicted molar refractivity (Wildman–Crippen MR) is 88.1 cm³/mol. The first-order valence-electron chi connectivity index (χ1n) is 7.08. The number of nitro benzene ring substituents is 1. The first-order chi connectivity index (χ1) is 11.6. The number of aromatic nitrogens is 2. The lowest BCUT2D eigenvalue weighted by Gasteiger charge is -2.01. The van der Waals surface area contributed by atoms with Crippen molar-refractivity contribution >= 4 is 23.5 Å². The van der Waals surface area contributed by atoms with Crippen LogP contribution in [-0.4, -0.2) is 26.4 Å². The van der Waals surface area contributed by atoms with Gasteiger partial charge in [-0.2, -0.15) is 5.10 Å². The Morgan fingerprint density at radius 3 is 2.96 bits per heavy atom. The molecule has 0 aliphatic carbocycles. The number of carbonyl (C=O) groups excluding carboxylic acids is 1. The van der Waals surface area contributed by atoms with Gasteiger partial charge in [0.2, 0.25) is 0 Å². The van der Waals surface area contributed by atoms with Gasteiger partial charge in [0.1, 0.15) is 11.3 Å². The third-order valence-electron chi connectivity index (χ3n) is 3.38. The van der Waals surface area contributed by atoms with Crippen LogP contribution < -0.4 is 5.43 Å². The van der Waals surface area contributed by atoms with Gasteiger partial charge in [-0.15, -0.1) is 0 Å². The molecular formula is C16H13N5O3. The van der Waals surface area contributed by atoms with E-state index in [-0.39, 0.29) is 5.69 Å². The molecule has 0 spiro atoms. The number of fused-ring (bicyclic) bond motifs is 1. The van der Waals surface area contributed by atoms with Gasteiger partial charge in [0, 0.05) is 23.9 Å². The van der Waals surface area contributed by atoms with Crippen LogP contribution in [0.15, 0.2) is 53.8 Å². The Morgan fingerprint density at radius 1 is 1.33 bits per heavy atom. The second kappa shape index (κ2) is 6.29. The lowest BCUT2D eigenvalue weighted by atomic mass is 10.2. The van der Waals surface area contributed by atoms with E-state index in [1.807, 2.05) is 6.07 Å². The van der Waals surface area contributed by atoms with Gasteiger partial charge in [0.15, 0.2) is 0 Å². The number of hydrogen-bond donors (Lipinski definition) is 1. The Labute approximate surface area is 136 Å². The number of nitro groups is 1. The highest BCUT2D eigenvalue weighted by Crippen LogP contribution is 2.12. The van der Waals surface area contributed by atoms with Crippen molar-refractivity contribution in [3.63, 3.8) is 0 Å². The largest absolute Gasteiger partial charge is 0.295 e. The molecular weight excluding hydrogens is 310 g/mol. The average molecular weight is 323 g/mol. The van der Waals surface area contributed by atoms with Gasteiger partial charge in [-0.1, -0.05) is 18.2 Å². The minimum Gasteiger partial charge on any atom is -0.295 e. The van der Waals surface area contributed by atoms with E-state index in [1.54, 1.807) is 41.8 Å². The van der Waals surface area contributed by atoms with Gasteiger partial charge in [0.25, 0.3) is 11.6 Å². The molecule has 0 atom stereocenters. The molecule has 0 unspecified atom stereocenters. The molecule has 0 aliphatic heterocycles. The number of hydrogen-bond acceptors (Lipinski definition) is 5. The number of benzene rings is 1. The second-order valence-corrected chi connectivity index (χ2v) is 5.03. The standard InChI is InChI=1S/C16H13N5O3/c1-11-15(20-8-3-2-7-14(20)18-11)16(22)19-17-10-12-5-4-6-13(9-12)21(23)24/h2-10H,1H3,(H,19,22)/b17-10-. The van der Waals surface area contributed by atoms with Crippen LogP contribution in [0.1, 0.15) is 21.7 Å². The zero-order valence-corrected chi connectivity index (χ0v) is 12.7. The Kier molecular flexibility index (Phi) is 4.02. The lowest BCUT2D eigenvalue weighted by molar-refractivity contribution is -0.384. The summed E-state index contributed by atoms with van der Waals surface area (Å²) < 4.78 is 1.67. The van der Waals surface area contributed by atoms with Crippen LogP contribution in [0.4, 0.5) is 5.69 Å². The third kappa shape index (κ3) is 2.98. The van der Waals surface area contributed by atoms with Gasteiger partial charge in [0.05, 0.1) is 16.8 Å². The van der Waals surface area contributed by atoms with Gasteiger partial charge in [-0.3, -0.25) is 19.3 Å². The number of aryl methyl sites for hydroxylation is 1. The molecule has 0 saturated heterocycles. The second-order valence-electron chi connectivity index (χ2n) is 5.03. The number of rotatable bonds is 4. The fourth-order valence-corrected chi connectivity index (χ4v) is 2.32. The fourth-order valence-electron chi connectivity index (χ4n) is 2.32. The monoisotopic (exact) mass is 323 g/mol. The van der Waals surface area contributed by atoms with Crippen molar-refractivity contribution in [2.75, 3.05) is 0 Å². The van der Waals surface area contributed by atoms with Crippen molar-refractivity contribution in [1.29, 1.82) is 0 Å². The van der Waals surface area contributed by atoms with Gasteiger partial charge in [-0.05, 0) is 19.1 Å². The Balaban J connectivity index is 1.79. The van der Waals surface area contributed by atoms with Crippen LogP contribution in [-0.2, 0) is 0 Å². The Morgan fingerprint density at radius 2 is 2.17 bits per heavy atom. The number of nitrogens with zero attached hydrogens (tertiary/aromatic N) is 4. The summed E-state index contributed by atoms with van der Waals surface area (Å²) in [5, 5.41) is 14.6. The first-order valence-corrected chi connectivity index (χ1v) is 7.08. The van der Waals surface area contributed by atoms with Gasteiger partial charge >= 0.3 is 0 Å². The van der Waals surface area contributed by atoms with Gasteiger partial charge < -0.3 is 0 Å². The Bertz CT molecular complexity index is 961. The van der Waals surface area contributed by atoms with Crippen LogP contribution in [0, 0.1) is 17.0 Å². The topological polar surface area (TPSA) is 102 Å². The molecule has 0 fully saturated rings. The quantitative estimate of drug-likeness (QED) is 0.452. The summed E-state index contributed by atoms with van der Waals surface area (Å²) in [6.07, 6.45) is 3.10. The smallest absolute Gasteiger partial charge is 0.290 e. The van der Waals surface area contributed by atoms with E-state index in [0.29, 0.717) is 22.6 Å². The summed E-state index contributed by atoms with van der Waals surface area (Å²) in [5.41, 5.74) is 4.54. The molecule has 8 heteroatoms. The summed E-state index contributed by atoms with van der Waals surface area (Å²) in [5.74, 6) is -0.409. The van der Waals surface area contributed by atoms with E-state index in [4.69, 9.17) is 0 Å². The van der Waals surface area contributed by atoms with Crippen molar-refractivity contribution in [2.45, 2.75) is 6.92 Å². The van der Waals surface area contributed by atoms with Crippen molar-refractivity contribution in [3.8, 4) is 0 Å². The maximum atomic E-state index is 12.3. The van der Waals surface area contributed by atoms with E-state index in [9.17, 15) is 14.9 Å². The summed E-state index contributed by atoms with van der Waals surface area (Å²) in [6.45, 7) is 1.74. The van der Waals surface area contributed by atoms with Crippen LogP contribution in [0.25, 0.3) is 5.65 Å². The summed E-state index contributed by atoms with van der Waals surface area (Å²) in [7, 11) is 0. The molecule has 1 aromatic carbocycles. The van der Waals surface area contributed by atoms with Crippen molar-refractivity contribution in [3.05, 3.63) is 75.7 Å². The molecule has 24 heavy (non-hydrogen) atoms. The van der Waals surface area contributed by atoms with Crippen LogP contribution in [0.2, 0.25) is 0 Å². The molecule has 8 nitrogen and oxygen atoms in total. The zero-order chi connectivity index (χ0) is 17.1. The van der Waals surface area contributed by atoms with Crippen molar-refractivity contribution in [1.82, 2.24) is 14.8 Å². The maximum absolute atomic E-state index is 12.3. The SMILES string of the molecule is Cc1nc2ccccn2c1C(=O)N/N=C\c1cccc([N+](=O)[O-])c1. The van der Waals surface area contributed by atoms with Crippen molar-refractivity contribution < 1.29 is 9.72 Å². The van der Waals surface area contributed by atoms with E-state index in [2.05, 4.69) is 15.5 Å². The molecule has 2 heterocycles. The molecule has 3 aromatic rings. The molecule has 0 saturated carbocycles. The van der Waals surface area contributed by atoms with E-state index in [0.717, 1.165) is 0 Å². The minimum atomic E-state index is -0.488. The lowest BCUT2D eigenvalue weighted by Crippen LogP contribution is -2.20. The van der Waals surface area contributed by atoms with E-state index >= 15 is 0 Å². The number of amides is 1. The zero-order valence-electron chi connectivity index (χ0n) is 12.7. The first kappa shape index (κ1) is 15.3. The summed E-state index contributed by atoms with van der Waals surface area (Å²) in [4.78, 5) is 26.9. The summed E-state index contributed by atoms with van der Waals surface area (Å²) >= 11 is 0. The van der Waals surface area contributed by atoms with Gasteiger partial charge in [-0.25, -0.2) is 10.4 Å². The number of carbonyl (C=O) groups is 1. The number of hydrazone groups is 1. The van der Waals surface area contributed by atoms with Crippen LogP contribution in [0.3, 0.4) is 0 Å². The molecule has 0 aliphatic rings. The highest BCUT2D eigenvalue weighted by atomic mass is 16.6. The van der Waals surface area contributed by atoms with E-state index in [1.165, 1.54) is 18.3 Å². The molecule has 2 aromatic heterocycles. The predicted octanol–water partition coefficient (Wildman–Crippen LogP) is 2.31. The highest BCUT2D eigenvalue weighted by Gasteiger charge is 2.15.